The summed E-state index contributed by atoms with van der Waals surface area (Å²) in [5, 5.41) is 3.21. The smallest absolute Gasteiger partial charge is 0.387 e. The number of nitrogens with one attached hydrogen (secondary N) is 1. The second-order valence-electron chi connectivity index (χ2n) is 4.16. The molecule has 0 saturated carbocycles. The SMILES string of the molecule is C=CCCC(C)Nc1ccc(OC)c(OC(F)F)c1. The molecule has 1 N–H and O–H groups in total. The van der Waals surface area contributed by atoms with Crippen LogP contribution in [0.2, 0.25) is 0 Å². The fourth-order valence-electron chi connectivity index (χ4n) is 1.68. The van der Waals surface area contributed by atoms with Gasteiger partial charge in [0.1, 0.15) is 0 Å². The van der Waals surface area contributed by atoms with Crippen LogP contribution in [-0.4, -0.2) is 19.8 Å². The van der Waals surface area contributed by atoms with Crippen molar-refractivity contribution in [1.82, 2.24) is 0 Å². The Morgan fingerprint density at radius 1 is 1.37 bits per heavy atom. The van der Waals surface area contributed by atoms with Gasteiger partial charge in [0.05, 0.1) is 7.11 Å². The Morgan fingerprint density at radius 2 is 2.11 bits per heavy atom. The molecule has 0 spiro atoms. The van der Waals surface area contributed by atoms with E-state index in [0.717, 1.165) is 12.8 Å². The molecule has 5 heteroatoms. The molecule has 0 aliphatic carbocycles. The molecule has 1 unspecified atom stereocenters. The third kappa shape index (κ3) is 5.16. The van der Waals surface area contributed by atoms with Crippen molar-refractivity contribution in [2.45, 2.75) is 32.4 Å². The molecular weight excluding hydrogens is 252 g/mol. The van der Waals surface area contributed by atoms with Crippen molar-refractivity contribution < 1.29 is 18.3 Å². The lowest BCUT2D eigenvalue weighted by Gasteiger charge is -2.16. The van der Waals surface area contributed by atoms with Gasteiger partial charge < -0.3 is 14.8 Å². The molecular formula is C14H19F2NO2. The third-order valence-corrected chi connectivity index (χ3v) is 2.60. The summed E-state index contributed by atoms with van der Waals surface area (Å²) in [6.07, 6.45) is 3.66. The van der Waals surface area contributed by atoms with Crippen LogP contribution in [0.25, 0.3) is 0 Å². The molecule has 0 fully saturated rings. The molecule has 19 heavy (non-hydrogen) atoms. The lowest BCUT2D eigenvalue weighted by molar-refractivity contribution is -0.0511. The molecule has 1 aromatic carbocycles. The molecule has 0 aliphatic heterocycles. The second-order valence-corrected chi connectivity index (χ2v) is 4.16. The Labute approximate surface area is 112 Å². The minimum absolute atomic E-state index is 0.0263. The number of ether oxygens (including phenoxy) is 2. The van der Waals surface area contributed by atoms with E-state index in [0.29, 0.717) is 5.69 Å². The summed E-state index contributed by atoms with van der Waals surface area (Å²) in [6.45, 7) is 2.80. The predicted octanol–water partition coefficient (Wildman–Crippen LogP) is 4.06. The van der Waals surface area contributed by atoms with Crippen LogP contribution < -0.4 is 14.8 Å². The van der Waals surface area contributed by atoms with E-state index < -0.39 is 6.61 Å². The zero-order valence-corrected chi connectivity index (χ0v) is 11.2. The van der Waals surface area contributed by atoms with E-state index in [2.05, 4.69) is 16.6 Å². The van der Waals surface area contributed by atoms with Gasteiger partial charge in [-0.05, 0) is 31.9 Å². The summed E-state index contributed by atoms with van der Waals surface area (Å²) in [4.78, 5) is 0. The van der Waals surface area contributed by atoms with Crippen LogP contribution in [-0.2, 0) is 0 Å². The van der Waals surface area contributed by atoms with Gasteiger partial charge in [0.2, 0.25) is 0 Å². The molecule has 1 rings (SSSR count). The molecule has 106 valence electrons. The lowest BCUT2D eigenvalue weighted by Crippen LogP contribution is -2.14. The van der Waals surface area contributed by atoms with E-state index in [1.54, 1.807) is 12.1 Å². The molecule has 1 aromatic rings. The van der Waals surface area contributed by atoms with E-state index in [4.69, 9.17) is 4.74 Å². The second kappa shape index (κ2) is 7.61. The number of alkyl halides is 2. The molecule has 0 heterocycles. The average Bonchev–Trinajstić information content (AvgIpc) is 2.36. The summed E-state index contributed by atoms with van der Waals surface area (Å²) in [5.74, 6) is 0.308. The summed E-state index contributed by atoms with van der Waals surface area (Å²) in [5.41, 5.74) is 0.716. The zero-order chi connectivity index (χ0) is 14.3. The van der Waals surface area contributed by atoms with Crippen molar-refractivity contribution in [2.24, 2.45) is 0 Å². The number of halogens is 2. The quantitative estimate of drug-likeness (QED) is 0.723. The summed E-state index contributed by atoms with van der Waals surface area (Å²) >= 11 is 0. The van der Waals surface area contributed by atoms with Crippen LogP contribution in [0, 0.1) is 0 Å². The average molecular weight is 271 g/mol. The van der Waals surface area contributed by atoms with Crippen LogP contribution >= 0.6 is 0 Å². The molecule has 1 atom stereocenters. The Bertz CT molecular complexity index is 410. The number of benzene rings is 1. The number of hydrogen-bond acceptors (Lipinski definition) is 3. The molecule has 3 nitrogen and oxygen atoms in total. The first-order chi connectivity index (χ1) is 9.06. The minimum Gasteiger partial charge on any atom is -0.493 e. The molecule has 0 amide bonds. The van der Waals surface area contributed by atoms with Gasteiger partial charge in [-0.3, -0.25) is 0 Å². The van der Waals surface area contributed by atoms with Crippen LogP contribution in [0.5, 0.6) is 11.5 Å². The van der Waals surface area contributed by atoms with Gasteiger partial charge in [0, 0.05) is 17.8 Å². The van der Waals surface area contributed by atoms with Gasteiger partial charge in [-0.2, -0.15) is 8.78 Å². The molecule has 0 saturated heterocycles. The lowest BCUT2D eigenvalue weighted by atomic mass is 10.1. The number of hydrogen-bond donors (Lipinski definition) is 1. The summed E-state index contributed by atoms with van der Waals surface area (Å²) in [6, 6.07) is 5.09. The fourth-order valence-corrected chi connectivity index (χ4v) is 1.68. The van der Waals surface area contributed by atoms with Gasteiger partial charge >= 0.3 is 6.61 Å². The Balaban J connectivity index is 2.76. The van der Waals surface area contributed by atoms with Crippen molar-refractivity contribution in [3.8, 4) is 11.5 Å². The monoisotopic (exact) mass is 271 g/mol. The number of allylic oxidation sites excluding steroid dienone is 1. The zero-order valence-electron chi connectivity index (χ0n) is 11.2. The van der Waals surface area contributed by atoms with Crippen LogP contribution in [0.4, 0.5) is 14.5 Å². The highest BCUT2D eigenvalue weighted by Gasteiger charge is 2.12. The Hall–Kier alpha value is -1.78. The maximum absolute atomic E-state index is 12.3. The minimum atomic E-state index is -2.87. The fraction of sp³-hybridized carbons (Fsp3) is 0.429. The van der Waals surface area contributed by atoms with Crippen LogP contribution in [0.15, 0.2) is 30.9 Å². The third-order valence-electron chi connectivity index (χ3n) is 2.60. The normalized spacial score (nSPS) is 12.1. The highest BCUT2D eigenvalue weighted by atomic mass is 19.3. The van der Waals surface area contributed by atoms with E-state index in [-0.39, 0.29) is 17.5 Å². The van der Waals surface area contributed by atoms with E-state index in [1.165, 1.54) is 13.2 Å². The van der Waals surface area contributed by atoms with Crippen molar-refractivity contribution in [3.05, 3.63) is 30.9 Å². The predicted molar refractivity (Wildman–Crippen MR) is 72.1 cm³/mol. The first kappa shape index (κ1) is 15.3. The number of rotatable bonds is 8. The van der Waals surface area contributed by atoms with Gasteiger partial charge in [0.15, 0.2) is 11.5 Å². The standard InChI is InChI=1S/C14H19F2NO2/c1-4-5-6-10(2)17-11-7-8-12(18-3)13(9-11)19-14(15)16/h4,7-10,14,17H,1,5-6H2,2-3H3. The summed E-state index contributed by atoms with van der Waals surface area (Å²) in [7, 11) is 1.41. The maximum atomic E-state index is 12.3. The van der Waals surface area contributed by atoms with Crippen molar-refractivity contribution >= 4 is 5.69 Å². The highest BCUT2D eigenvalue weighted by molar-refractivity contribution is 5.55. The van der Waals surface area contributed by atoms with Crippen molar-refractivity contribution in [3.63, 3.8) is 0 Å². The molecule has 0 bridgehead atoms. The number of anilines is 1. The largest absolute Gasteiger partial charge is 0.493 e. The first-order valence-electron chi connectivity index (χ1n) is 6.07. The topological polar surface area (TPSA) is 30.5 Å². The number of methoxy groups -OCH3 is 1. The first-order valence-corrected chi connectivity index (χ1v) is 6.07. The van der Waals surface area contributed by atoms with Gasteiger partial charge in [0.25, 0.3) is 0 Å². The van der Waals surface area contributed by atoms with Crippen molar-refractivity contribution in [2.75, 3.05) is 12.4 Å². The molecule has 0 aliphatic rings. The summed E-state index contributed by atoms with van der Waals surface area (Å²) < 4.78 is 34.0. The van der Waals surface area contributed by atoms with Gasteiger partial charge in [-0.25, -0.2) is 0 Å². The van der Waals surface area contributed by atoms with Gasteiger partial charge in [-0.15, -0.1) is 6.58 Å². The van der Waals surface area contributed by atoms with Crippen LogP contribution in [0.3, 0.4) is 0 Å². The maximum Gasteiger partial charge on any atom is 0.387 e. The van der Waals surface area contributed by atoms with E-state index in [9.17, 15) is 8.78 Å². The Morgan fingerprint density at radius 3 is 2.68 bits per heavy atom. The van der Waals surface area contributed by atoms with E-state index in [1.807, 2.05) is 13.0 Å². The van der Waals surface area contributed by atoms with Gasteiger partial charge in [-0.1, -0.05) is 6.08 Å². The van der Waals surface area contributed by atoms with Crippen molar-refractivity contribution in [1.29, 1.82) is 0 Å². The van der Waals surface area contributed by atoms with Crippen LogP contribution in [0.1, 0.15) is 19.8 Å². The van der Waals surface area contributed by atoms with E-state index >= 15 is 0 Å². The molecule has 0 aromatic heterocycles. The highest BCUT2D eigenvalue weighted by Crippen LogP contribution is 2.31. The Kier molecular flexibility index (Phi) is 6.12. The molecule has 0 radical (unpaired) electrons.